The van der Waals surface area contributed by atoms with Gasteiger partial charge in [-0.2, -0.15) is 8.78 Å². The van der Waals surface area contributed by atoms with Crippen LogP contribution in [0.2, 0.25) is 0 Å². The summed E-state index contributed by atoms with van der Waals surface area (Å²) in [5.74, 6) is -1.38. The Morgan fingerprint density at radius 1 is 1.33 bits per heavy atom. The molecule has 1 aromatic carbocycles. The average Bonchev–Trinajstić information content (AvgIpc) is 2.67. The molecule has 18 heavy (non-hydrogen) atoms. The summed E-state index contributed by atoms with van der Waals surface area (Å²) in [6.07, 6.45) is 2.59. The van der Waals surface area contributed by atoms with Gasteiger partial charge in [-0.3, -0.25) is 4.99 Å². The van der Waals surface area contributed by atoms with Crippen molar-refractivity contribution in [3.8, 4) is 5.75 Å². The molecule has 1 aliphatic rings. The van der Waals surface area contributed by atoms with Crippen molar-refractivity contribution >= 4 is 17.0 Å². The lowest BCUT2D eigenvalue weighted by Crippen LogP contribution is -2.24. The molecule has 0 spiro atoms. The van der Waals surface area contributed by atoms with Crippen LogP contribution in [0.5, 0.6) is 5.75 Å². The first-order chi connectivity index (χ1) is 8.65. The number of fused-ring (bicyclic) bond motifs is 3. The lowest BCUT2D eigenvalue weighted by Gasteiger charge is -2.04. The Bertz CT molecular complexity index is 721. The molecule has 0 atom stereocenters. The first-order valence-corrected chi connectivity index (χ1v) is 5.36. The van der Waals surface area contributed by atoms with Gasteiger partial charge < -0.3 is 9.15 Å². The van der Waals surface area contributed by atoms with E-state index in [0.717, 1.165) is 18.6 Å². The van der Waals surface area contributed by atoms with Crippen LogP contribution < -0.4 is 15.5 Å². The molecule has 0 N–H and O–H groups in total. The highest BCUT2D eigenvalue weighted by Crippen LogP contribution is 2.24. The molecule has 0 radical (unpaired) electrons. The molecule has 0 saturated heterocycles. The highest BCUT2D eigenvalue weighted by atomic mass is 19.3. The Labute approximate surface area is 99.2 Å². The van der Waals surface area contributed by atoms with Crippen molar-refractivity contribution in [1.29, 1.82) is 0 Å². The first-order valence-electron chi connectivity index (χ1n) is 5.36. The first kappa shape index (κ1) is 11.1. The molecule has 0 fully saturated rings. The predicted octanol–water partition coefficient (Wildman–Crippen LogP) is 1.98. The Kier molecular flexibility index (Phi) is 2.50. The summed E-state index contributed by atoms with van der Waals surface area (Å²) in [6, 6.07) is 2.23. The van der Waals surface area contributed by atoms with Crippen LogP contribution in [0.15, 0.2) is 21.5 Å². The molecule has 1 aliphatic heterocycles. The van der Waals surface area contributed by atoms with Gasteiger partial charge in [0.15, 0.2) is 11.6 Å². The van der Waals surface area contributed by atoms with E-state index in [1.807, 2.05) is 6.08 Å². The largest absolute Gasteiger partial charge is 0.455 e. The number of hydrogen-bond acceptors (Lipinski definition) is 3. The Hall–Kier alpha value is -1.98. The zero-order valence-corrected chi connectivity index (χ0v) is 9.12. The molecule has 0 saturated carbocycles. The fourth-order valence-corrected chi connectivity index (χ4v) is 1.96. The second-order valence-corrected chi connectivity index (χ2v) is 3.85. The number of furan rings is 1. The lowest BCUT2D eigenvalue weighted by molar-refractivity contribution is -0.0521. The van der Waals surface area contributed by atoms with Gasteiger partial charge in [-0.05, 0) is 18.6 Å². The van der Waals surface area contributed by atoms with Gasteiger partial charge in [0, 0.05) is 18.0 Å². The summed E-state index contributed by atoms with van der Waals surface area (Å²) in [4.78, 5) is 4.23. The maximum atomic E-state index is 13.6. The molecule has 3 rings (SSSR count). The Balaban J connectivity index is 2.26. The molecule has 3 nitrogen and oxygen atoms in total. The number of benzene rings is 1. The van der Waals surface area contributed by atoms with Gasteiger partial charge in [0.25, 0.3) is 0 Å². The fourth-order valence-electron chi connectivity index (χ4n) is 1.96. The van der Waals surface area contributed by atoms with E-state index >= 15 is 0 Å². The smallest absolute Gasteiger partial charge is 0.387 e. The zero-order chi connectivity index (χ0) is 12.7. The van der Waals surface area contributed by atoms with E-state index in [4.69, 9.17) is 4.42 Å². The van der Waals surface area contributed by atoms with Gasteiger partial charge in [0.2, 0.25) is 0 Å². The predicted molar refractivity (Wildman–Crippen MR) is 57.5 cm³/mol. The van der Waals surface area contributed by atoms with Crippen molar-refractivity contribution in [3.63, 3.8) is 0 Å². The topological polar surface area (TPSA) is 34.7 Å². The third-order valence-electron chi connectivity index (χ3n) is 2.69. The van der Waals surface area contributed by atoms with E-state index in [-0.39, 0.29) is 0 Å². The number of halogens is 3. The summed E-state index contributed by atoms with van der Waals surface area (Å²) < 4.78 is 47.2. The van der Waals surface area contributed by atoms with Gasteiger partial charge in [-0.15, -0.1) is 0 Å². The normalized spacial score (nSPS) is 14.2. The number of alkyl halides is 2. The number of ether oxygens (including phenoxy) is 1. The SMILES string of the molecule is Fc1cc2c3c(oc2cc1OC(F)F)=CCCN=3. The van der Waals surface area contributed by atoms with Crippen LogP contribution >= 0.6 is 0 Å². The monoisotopic (exact) mass is 255 g/mol. The molecule has 2 heterocycles. The summed E-state index contributed by atoms with van der Waals surface area (Å²) >= 11 is 0. The van der Waals surface area contributed by atoms with Gasteiger partial charge >= 0.3 is 6.61 Å². The standard InChI is InChI=1S/C12H8F3NO2/c13-7-4-6-9(5-10(7)18-12(14)15)17-8-2-1-3-16-11(6)8/h2,4-5,12H,1,3H2. The van der Waals surface area contributed by atoms with E-state index in [9.17, 15) is 13.2 Å². The van der Waals surface area contributed by atoms with E-state index in [2.05, 4.69) is 9.73 Å². The van der Waals surface area contributed by atoms with Crippen molar-refractivity contribution in [2.45, 2.75) is 13.0 Å². The van der Waals surface area contributed by atoms with Gasteiger partial charge in [-0.25, -0.2) is 4.39 Å². The Morgan fingerprint density at radius 2 is 2.17 bits per heavy atom. The van der Waals surface area contributed by atoms with Gasteiger partial charge in [0.05, 0.1) is 0 Å². The quantitative estimate of drug-likeness (QED) is 0.822. The van der Waals surface area contributed by atoms with Crippen LogP contribution in [0.1, 0.15) is 6.42 Å². The minimum atomic E-state index is -3.07. The highest BCUT2D eigenvalue weighted by molar-refractivity contribution is 5.79. The molecule has 0 aliphatic carbocycles. The van der Waals surface area contributed by atoms with Crippen LogP contribution in [0.4, 0.5) is 13.2 Å². The third-order valence-corrected chi connectivity index (χ3v) is 2.69. The third kappa shape index (κ3) is 1.73. The van der Waals surface area contributed by atoms with Crippen LogP contribution in [0.3, 0.4) is 0 Å². The van der Waals surface area contributed by atoms with Crippen molar-refractivity contribution in [3.05, 3.63) is 28.7 Å². The van der Waals surface area contributed by atoms with Crippen molar-refractivity contribution < 1.29 is 22.3 Å². The second kappa shape index (κ2) is 4.04. The molecule has 2 aromatic rings. The molecule has 0 amide bonds. The van der Waals surface area contributed by atoms with E-state index < -0.39 is 18.2 Å². The molecule has 0 bridgehead atoms. The maximum Gasteiger partial charge on any atom is 0.387 e. The summed E-state index contributed by atoms with van der Waals surface area (Å²) in [5, 5.41) is 1.04. The summed E-state index contributed by atoms with van der Waals surface area (Å²) in [5.41, 5.74) is 0.837. The Morgan fingerprint density at radius 3 is 2.94 bits per heavy atom. The van der Waals surface area contributed by atoms with Gasteiger partial charge in [-0.1, -0.05) is 0 Å². The molecule has 94 valence electrons. The van der Waals surface area contributed by atoms with Crippen molar-refractivity contribution in [2.75, 3.05) is 6.54 Å². The zero-order valence-electron chi connectivity index (χ0n) is 9.12. The lowest BCUT2D eigenvalue weighted by atomic mass is 10.2. The number of nitrogens with zero attached hydrogens (tertiary/aromatic N) is 1. The molecular formula is C12H8F3NO2. The highest BCUT2D eigenvalue weighted by Gasteiger charge is 2.15. The van der Waals surface area contributed by atoms with Crippen molar-refractivity contribution in [2.24, 2.45) is 4.99 Å². The van der Waals surface area contributed by atoms with Crippen molar-refractivity contribution in [1.82, 2.24) is 0 Å². The second-order valence-electron chi connectivity index (χ2n) is 3.85. The minimum absolute atomic E-state index is 0.291. The molecule has 0 unspecified atom stereocenters. The summed E-state index contributed by atoms with van der Waals surface area (Å²) in [7, 11) is 0. The average molecular weight is 255 g/mol. The van der Waals surface area contributed by atoms with Crippen LogP contribution in [-0.2, 0) is 0 Å². The fraction of sp³-hybridized carbons (Fsp3) is 0.250. The van der Waals surface area contributed by atoms with Crippen LogP contribution in [0.25, 0.3) is 17.0 Å². The molecular weight excluding hydrogens is 247 g/mol. The van der Waals surface area contributed by atoms with Crippen LogP contribution in [-0.4, -0.2) is 13.2 Å². The molecule has 6 heteroatoms. The van der Waals surface area contributed by atoms with E-state index in [1.165, 1.54) is 0 Å². The summed E-state index contributed by atoms with van der Waals surface area (Å²) in [6.45, 7) is -2.46. The minimum Gasteiger partial charge on any atom is -0.455 e. The number of hydrogen-bond donors (Lipinski definition) is 0. The number of rotatable bonds is 2. The maximum absolute atomic E-state index is 13.6. The van der Waals surface area contributed by atoms with Gasteiger partial charge in [0.1, 0.15) is 16.4 Å². The van der Waals surface area contributed by atoms with E-state index in [1.54, 1.807) is 0 Å². The molecule has 1 aromatic heterocycles. The van der Waals surface area contributed by atoms with Crippen LogP contribution in [0, 0.1) is 5.82 Å². The van der Waals surface area contributed by atoms with E-state index in [0.29, 0.717) is 28.3 Å².